The smallest absolute Gasteiger partial charge is 0.374 e. The summed E-state index contributed by atoms with van der Waals surface area (Å²) in [6.45, 7) is 7.00. The molecular formula is C18H24N2O3S. The minimum Gasteiger partial charge on any atom is -0.460 e. The van der Waals surface area contributed by atoms with Gasteiger partial charge in [-0.25, -0.2) is 9.78 Å². The minimum absolute atomic E-state index is 0.0858. The van der Waals surface area contributed by atoms with Gasteiger partial charge in [0, 0.05) is 11.4 Å². The third-order valence-corrected chi connectivity index (χ3v) is 5.63. The highest BCUT2D eigenvalue weighted by atomic mass is 32.1. The van der Waals surface area contributed by atoms with E-state index < -0.39 is 5.97 Å². The van der Waals surface area contributed by atoms with Crippen LogP contribution in [0.15, 0.2) is 4.79 Å². The van der Waals surface area contributed by atoms with E-state index in [2.05, 4.69) is 11.9 Å². The molecule has 5 nitrogen and oxygen atoms in total. The Morgan fingerprint density at radius 2 is 2.17 bits per heavy atom. The first-order chi connectivity index (χ1) is 11.6. The molecule has 0 saturated carbocycles. The summed E-state index contributed by atoms with van der Waals surface area (Å²) in [5.74, 6) is 0.288. The zero-order valence-corrected chi connectivity index (χ0v) is 15.4. The van der Waals surface area contributed by atoms with E-state index in [0.717, 1.165) is 43.1 Å². The highest BCUT2D eigenvalue weighted by Crippen LogP contribution is 2.35. The molecule has 0 spiro atoms. The summed E-state index contributed by atoms with van der Waals surface area (Å²) in [5.41, 5.74) is 1.07. The van der Waals surface area contributed by atoms with E-state index in [0.29, 0.717) is 23.9 Å². The third kappa shape index (κ3) is 2.99. The normalized spacial score (nSPS) is 17.0. The fourth-order valence-electron chi connectivity index (χ4n) is 3.27. The molecule has 0 fully saturated rings. The minimum atomic E-state index is -0.496. The largest absolute Gasteiger partial charge is 0.460 e. The van der Waals surface area contributed by atoms with Crippen molar-refractivity contribution in [2.24, 2.45) is 5.92 Å². The van der Waals surface area contributed by atoms with Crippen molar-refractivity contribution in [3.8, 4) is 0 Å². The summed E-state index contributed by atoms with van der Waals surface area (Å²) >= 11 is 1.57. The lowest BCUT2D eigenvalue weighted by molar-refractivity contribution is 0.0483. The first-order valence-corrected chi connectivity index (χ1v) is 9.60. The van der Waals surface area contributed by atoms with Gasteiger partial charge >= 0.3 is 5.97 Å². The maximum Gasteiger partial charge on any atom is 0.374 e. The zero-order chi connectivity index (χ0) is 17.3. The molecule has 3 rings (SSSR count). The van der Waals surface area contributed by atoms with E-state index in [1.165, 1.54) is 9.44 Å². The van der Waals surface area contributed by atoms with Crippen LogP contribution < -0.4 is 5.56 Å². The van der Waals surface area contributed by atoms with Crippen molar-refractivity contribution >= 4 is 27.5 Å². The molecule has 0 radical (unpaired) electrons. The van der Waals surface area contributed by atoms with Crippen molar-refractivity contribution in [3.05, 3.63) is 26.6 Å². The number of carbonyl (C=O) groups excluding carboxylic acids is 1. The number of hydrogen-bond acceptors (Lipinski definition) is 5. The van der Waals surface area contributed by atoms with E-state index in [9.17, 15) is 9.59 Å². The number of rotatable bonds is 5. The van der Waals surface area contributed by atoms with E-state index in [4.69, 9.17) is 4.74 Å². The number of fused-ring (bicyclic) bond motifs is 3. The standard InChI is InChI=1S/C18H24N2O3S/c1-4-8-20-15(18(22)23-9-5-2)19-16-14(17(20)21)12-7-6-11(3)10-13(12)24-16/h11H,4-10H2,1-3H3. The number of nitrogens with zero attached hydrogens (tertiary/aromatic N) is 2. The summed E-state index contributed by atoms with van der Waals surface area (Å²) < 4.78 is 6.74. The lowest BCUT2D eigenvalue weighted by atomic mass is 9.89. The molecule has 0 saturated heterocycles. The molecule has 1 aliphatic rings. The van der Waals surface area contributed by atoms with Gasteiger partial charge in [-0.2, -0.15) is 0 Å². The molecule has 1 unspecified atom stereocenters. The molecule has 130 valence electrons. The highest BCUT2D eigenvalue weighted by Gasteiger charge is 2.26. The fraction of sp³-hybridized carbons (Fsp3) is 0.611. The average Bonchev–Trinajstić information content (AvgIpc) is 2.92. The van der Waals surface area contributed by atoms with Gasteiger partial charge in [0.05, 0.1) is 12.0 Å². The molecule has 0 amide bonds. The topological polar surface area (TPSA) is 61.2 Å². The predicted octanol–water partition coefficient (Wildman–Crippen LogP) is 3.56. The average molecular weight is 348 g/mol. The second kappa shape index (κ2) is 7.05. The maximum absolute atomic E-state index is 13.1. The summed E-state index contributed by atoms with van der Waals surface area (Å²) in [6, 6.07) is 0. The molecule has 1 atom stereocenters. The molecule has 6 heteroatoms. The van der Waals surface area contributed by atoms with Gasteiger partial charge in [-0.1, -0.05) is 20.8 Å². The van der Waals surface area contributed by atoms with Gasteiger partial charge in [-0.15, -0.1) is 11.3 Å². The Morgan fingerprint density at radius 1 is 1.38 bits per heavy atom. The first kappa shape index (κ1) is 17.1. The quantitative estimate of drug-likeness (QED) is 0.775. The van der Waals surface area contributed by atoms with Gasteiger partial charge < -0.3 is 4.74 Å². The van der Waals surface area contributed by atoms with Crippen LogP contribution in [0.4, 0.5) is 0 Å². The number of aromatic nitrogens is 2. The van der Waals surface area contributed by atoms with Crippen LogP contribution in [0.25, 0.3) is 10.2 Å². The van der Waals surface area contributed by atoms with Gasteiger partial charge in [0.2, 0.25) is 5.82 Å². The van der Waals surface area contributed by atoms with Crippen LogP contribution in [0.5, 0.6) is 0 Å². The van der Waals surface area contributed by atoms with E-state index in [1.807, 2.05) is 13.8 Å². The molecule has 24 heavy (non-hydrogen) atoms. The maximum atomic E-state index is 13.1. The summed E-state index contributed by atoms with van der Waals surface area (Å²) in [6.07, 6.45) is 4.55. The van der Waals surface area contributed by atoms with Gasteiger partial charge in [-0.05, 0) is 43.6 Å². The van der Waals surface area contributed by atoms with Crippen LogP contribution in [-0.2, 0) is 24.1 Å². The molecule has 2 aromatic heterocycles. The van der Waals surface area contributed by atoms with Crippen molar-refractivity contribution in [1.82, 2.24) is 9.55 Å². The molecule has 0 aliphatic heterocycles. The van der Waals surface area contributed by atoms with Gasteiger partial charge in [-0.3, -0.25) is 9.36 Å². The zero-order valence-electron chi connectivity index (χ0n) is 14.6. The highest BCUT2D eigenvalue weighted by molar-refractivity contribution is 7.18. The van der Waals surface area contributed by atoms with Crippen LogP contribution in [-0.4, -0.2) is 22.1 Å². The Bertz CT molecular complexity index is 822. The number of carbonyl (C=O) groups is 1. The predicted molar refractivity (Wildman–Crippen MR) is 95.9 cm³/mol. The first-order valence-electron chi connectivity index (χ1n) is 8.79. The molecule has 2 aromatic rings. The number of esters is 1. The SMILES string of the molecule is CCCOC(=O)c1nc2sc3c(c2c(=O)n1CCC)CCC(C)C3. The van der Waals surface area contributed by atoms with Crippen molar-refractivity contribution in [2.75, 3.05) is 6.61 Å². The molecule has 0 aromatic carbocycles. The second-order valence-corrected chi connectivity index (χ2v) is 7.64. The Hall–Kier alpha value is -1.69. The summed E-state index contributed by atoms with van der Waals surface area (Å²) in [5, 5.41) is 0.724. The Morgan fingerprint density at radius 3 is 2.88 bits per heavy atom. The number of ether oxygens (including phenoxy) is 1. The van der Waals surface area contributed by atoms with Crippen molar-refractivity contribution < 1.29 is 9.53 Å². The second-order valence-electron chi connectivity index (χ2n) is 6.56. The molecular weight excluding hydrogens is 324 g/mol. The van der Waals surface area contributed by atoms with Crippen LogP contribution in [0.2, 0.25) is 0 Å². The lowest BCUT2D eigenvalue weighted by Crippen LogP contribution is -2.29. The summed E-state index contributed by atoms with van der Waals surface area (Å²) in [4.78, 5) is 31.9. The van der Waals surface area contributed by atoms with Crippen LogP contribution in [0.3, 0.4) is 0 Å². The summed E-state index contributed by atoms with van der Waals surface area (Å²) in [7, 11) is 0. The van der Waals surface area contributed by atoms with Crippen LogP contribution in [0, 0.1) is 5.92 Å². The monoisotopic (exact) mass is 348 g/mol. The Labute approximate surface area is 145 Å². The van der Waals surface area contributed by atoms with Crippen LogP contribution >= 0.6 is 11.3 Å². The fourth-order valence-corrected chi connectivity index (χ4v) is 4.64. The number of hydrogen-bond donors (Lipinski definition) is 0. The molecule has 0 bridgehead atoms. The van der Waals surface area contributed by atoms with Gasteiger partial charge in [0.15, 0.2) is 0 Å². The molecule has 0 N–H and O–H groups in total. The van der Waals surface area contributed by atoms with E-state index in [1.54, 1.807) is 11.3 Å². The lowest BCUT2D eigenvalue weighted by Gasteiger charge is -2.17. The van der Waals surface area contributed by atoms with E-state index in [-0.39, 0.29) is 11.4 Å². The Kier molecular flexibility index (Phi) is 5.04. The van der Waals surface area contributed by atoms with Crippen molar-refractivity contribution in [3.63, 3.8) is 0 Å². The van der Waals surface area contributed by atoms with Crippen LogP contribution in [0.1, 0.15) is 61.1 Å². The molecule has 1 aliphatic carbocycles. The number of thiophene rings is 1. The van der Waals surface area contributed by atoms with Gasteiger partial charge in [0.1, 0.15) is 4.83 Å². The Balaban J connectivity index is 2.17. The van der Waals surface area contributed by atoms with Crippen molar-refractivity contribution in [2.45, 2.75) is 59.4 Å². The third-order valence-electron chi connectivity index (χ3n) is 4.48. The van der Waals surface area contributed by atoms with Gasteiger partial charge in [0.25, 0.3) is 5.56 Å². The van der Waals surface area contributed by atoms with Crippen molar-refractivity contribution in [1.29, 1.82) is 0 Å². The molecule has 2 heterocycles. The van der Waals surface area contributed by atoms with E-state index >= 15 is 0 Å². The number of aryl methyl sites for hydroxylation is 1.